The van der Waals surface area contributed by atoms with Crippen molar-refractivity contribution in [1.29, 1.82) is 0 Å². The molecule has 4 rings (SSSR count). The lowest BCUT2D eigenvalue weighted by atomic mass is 9.99. The van der Waals surface area contributed by atoms with Gasteiger partial charge in [0.05, 0.1) is 11.0 Å². The Morgan fingerprint density at radius 2 is 1.41 bits per heavy atom. The molecule has 7 nitrogen and oxygen atoms in total. The van der Waals surface area contributed by atoms with Crippen molar-refractivity contribution in [1.82, 2.24) is 9.97 Å². The van der Waals surface area contributed by atoms with E-state index in [0.29, 0.717) is 0 Å². The van der Waals surface area contributed by atoms with Crippen LogP contribution in [0.1, 0.15) is 22.7 Å². The molecule has 0 aliphatic rings. The minimum Gasteiger partial charge on any atom is -0.360 e. The molecule has 0 radical (unpaired) electrons. The lowest BCUT2D eigenvalue weighted by molar-refractivity contribution is -0.383. The van der Waals surface area contributed by atoms with Crippen LogP contribution in [0.15, 0.2) is 91.3 Å². The summed E-state index contributed by atoms with van der Waals surface area (Å²) in [6, 6.07) is 24.8. The van der Waals surface area contributed by atoms with E-state index >= 15 is 0 Å². The summed E-state index contributed by atoms with van der Waals surface area (Å²) in [5, 5.41) is 18.1. The quantitative estimate of drug-likeness (QED) is 0.290. The van der Waals surface area contributed by atoms with Crippen molar-refractivity contribution in [3.05, 3.63) is 124 Å². The summed E-state index contributed by atoms with van der Waals surface area (Å²) >= 11 is 0. The van der Waals surface area contributed by atoms with Gasteiger partial charge in [0, 0.05) is 6.54 Å². The van der Waals surface area contributed by atoms with Crippen molar-refractivity contribution in [2.45, 2.75) is 12.6 Å². The summed E-state index contributed by atoms with van der Waals surface area (Å²) < 4.78 is 13.1. The molecule has 0 saturated heterocycles. The first kappa shape index (κ1) is 20.9. The fourth-order valence-electron chi connectivity index (χ4n) is 3.36. The van der Waals surface area contributed by atoms with Crippen LogP contribution in [0.25, 0.3) is 0 Å². The Balaban J connectivity index is 1.66. The largest absolute Gasteiger partial charge is 0.360 e. The Hall–Kier alpha value is -4.33. The molecule has 1 aromatic heterocycles. The maximum atomic E-state index is 13.1. The van der Waals surface area contributed by atoms with Crippen molar-refractivity contribution in [2.75, 3.05) is 10.6 Å². The smallest absolute Gasteiger partial charge is 0.353 e. The van der Waals surface area contributed by atoms with E-state index in [1.165, 1.54) is 18.5 Å². The highest BCUT2D eigenvalue weighted by atomic mass is 19.1. The van der Waals surface area contributed by atoms with E-state index in [4.69, 9.17) is 0 Å². The summed E-state index contributed by atoms with van der Waals surface area (Å²) in [5.41, 5.74) is 2.38. The number of nitro groups is 1. The second kappa shape index (κ2) is 9.65. The van der Waals surface area contributed by atoms with Crippen molar-refractivity contribution in [2.24, 2.45) is 0 Å². The molecule has 160 valence electrons. The SMILES string of the molecule is O=[N+]([O-])c1c(NCc2ccc(F)cc2)ncnc1NC(c1ccccc1)c1ccccc1. The van der Waals surface area contributed by atoms with Crippen LogP contribution < -0.4 is 10.6 Å². The van der Waals surface area contributed by atoms with E-state index in [0.717, 1.165) is 16.7 Å². The van der Waals surface area contributed by atoms with Gasteiger partial charge in [-0.25, -0.2) is 14.4 Å². The van der Waals surface area contributed by atoms with E-state index in [9.17, 15) is 14.5 Å². The third-order valence-corrected chi connectivity index (χ3v) is 4.92. The third-order valence-electron chi connectivity index (χ3n) is 4.92. The molecule has 0 aliphatic carbocycles. The molecule has 0 fully saturated rings. The molecule has 8 heteroatoms. The lowest BCUT2D eigenvalue weighted by Gasteiger charge is -2.20. The van der Waals surface area contributed by atoms with Gasteiger partial charge < -0.3 is 10.6 Å². The van der Waals surface area contributed by atoms with Gasteiger partial charge in [0.25, 0.3) is 0 Å². The lowest BCUT2D eigenvalue weighted by Crippen LogP contribution is -2.16. The van der Waals surface area contributed by atoms with Gasteiger partial charge in [-0.2, -0.15) is 0 Å². The molecule has 32 heavy (non-hydrogen) atoms. The molecule has 0 bridgehead atoms. The average molecular weight is 429 g/mol. The number of nitrogens with one attached hydrogen (secondary N) is 2. The number of anilines is 2. The van der Waals surface area contributed by atoms with Crippen LogP contribution in [-0.4, -0.2) is 14.9 Å². The first-order valence-electron chi connectivity index (χ1n) is 9.96. The van der Waals surface area contributed by atoms with Gasteiger partial charge in [-0.1, -0.05) is 72.8 Å². The molecular formula is C24H20FN5O2. The summed E-state index contributed by atoms with van der Waals surface area (Å²) in [4.78, 5) is 19.7. The number of nitrogens with zero attached hydrogens (tertiary/aromatic N) is 3. The Bertz CT molecular complexity index is 1150. The van der Waals surface area contributed by atoms with Gasteiger partial charge in [-0.15, -0.1) is 0 Å². The zero-order valence-electron chi connectivity index (χ0n) is 17.0. The normalized spacial score (nSPS) is 10.7. The minimum absolute atomic E-state index is 0.0803. The summed E-state index contributed by atoms with van der Waals surface area (Å²) in [6.45, 7) is 0.248. The van der Waals surface area contributed by atoms with Crippen LogP contribution in [-0.2, 0) is 6.54 Å². The molecule has 3 aromatic carbocycles. The van der Waals surface area contributed by atoms with E-state index in [1.54, 1.807) is 12.1 Å². The van der Waals surface area contributed by atoms with Gasteiger partial charge in [0.1, 0.15) is 12.1 Å². The van der Waals surface area contributed by atoms with Crippen LogP contribution in [0.3, 0.4) is 0 Å². The molecule has 4 aromatic rings. The zero-order valence-corrected chi connectivity index (χ0v) is 17.0. The first-order chi connectivity index (χ1) is 15.6. The van der Waals surface area contributed by atoms with E-state index in [-0.39, 0.29) is 35.7 Å². The van der Waals surface area contributed by atoms with Gasteiger partial charge in [0.2, 0.25) is 11.6 Å². The number of benzene rings is 3. The molecule has 0 spiro atoms. The third kappa shape index (κ3) is 4.86. The van der Waals surface area contributed by atoms with Gasteiger partial charge in [-0.05, 0) is 28.8 Å². The van der Waals surface area contributed by atoms with E-state index in [1.807, 2.05) is 60.7 Å². The Morgan fingerprint density at radius 1 is 0.844 bits per heavy atom. The summed E-state index contributed by atoms with van der Waals surface area (Å²) in [6.07, 6.45) is 1.27. The number of aromatic nitrogens is 2. The second-order valence-corrected chi connectivity index (χ2v) is 7.06. The monoisotopic (exact) mass is 429 g/mol. The van der Waals surface area contributed by atoms with Crippen LogP contribution in [0.5, 0.6) is 0 Å². The van der Waals surface area contributed by atoms with E-state index < -0.39 is 4.92 Å². The molecule has 0 aliphatic heterocycles. The van der Waals surface area contributed by atoms with Crippen LogP contribution in [0, 0.1) is 15.9 Å². The van der Waals surface area contributed by atoms with Crippen LogP contribution >= 0.6 is 0 Å². The van der Waals surface area contributed by atoms with Crippen LogP contribution in [0.2, 0.25) is 0 Å². The highest BCUT2D eigenvalue weighted by Crippen LogP contribution is 2.34. The predicted octanol–water partition coefficient (Wildman–Crippen LogP) is 5.34. The van der Waals surface area contributed by atoms with Crippen molar-refractivity contribution in [3.63, 3.8) is 0 Å². The Kier molecular flexibility index (Phi) is 6.31. The van der Waals surface area contributed by atoms with Gasteiger partial charge in [0.15, 0.2) is 0 Å². The van der Waals surface area contributed by atoms with Crippen molar-refractivity contribution >= 4 is 17.3 Å². The Labute approximate surface area is 184 Å². The second-order valence-electron chi connectivity index (χ2n) is 7.06. The van der Waals surface area contributed by atoms with Gasteiger partial charge in [-0.3, -0.25) is 10.1 Å². The van der Waals surface area contributed by atoms with Crippen molar-refractivity contribution < 1.29 is 9.31 Å². The fraction of sp³-hybridized carbons (Fsp3) is 0.0833. The maximum Gasteiger partial charge on any atom is 0.353 e. The standard InChI is InChI=1S/C24H20FN5O2/c25-20-13-11-17(12-14-20)15-26-23-22(30(31)32)24(28-16-27-23)29-21(18-7-3-1-4-8-18)19-9-5-2-6-10-19/h1-14,16,21H,15H2,(H2,26,27,28,29). The topological polar surface area (TPSA) is 93.0 Å². The molecule has 0 unspecified atom stereocenters. The summed E-state index contributed by atoms with van der Waals surface area (Å²) in [5.74, 6) is -0.165. The average Bonchev–Trinajstić information content (AvgIpc) is 2.83. The molecule has 0 saturated carbocycles. The van der Waals surface area contributed by atoms with Crippen LogP contribution in [0.4, 0.5) is 21.7 Å². The first-order valence-corrected chi connectivity index (χ1v) is 9.96. The molecular weight excluding hydrogens is 409 g/mol. The number of halogens is 1. The minimum atomic E-state index is -0.512. The molecule has 0 amide bonds. The van der Waals surface area contributed by atoms with Crippen molar-refractivity contribution in [3.8, 4) is 0 Å². The number of rotatable bonds is 8. The molecule has 1 heterocycles. The summed E-state index contributed by atoms with van der Waals surface area (Å²) in [7, 11) is 0. The highest BCUT2D eigenvalue weighted by Gasteiger charge is 2.26. The number of hydrogen-bond donors (Lipinski definition) is 2. The van der Waals surface area contributed by atoms with E-state index in [2.05, 4.69) is 20.6 Å². The maximum absolute atomic E-state index is 13.1. The highest BCUT2D eigenvalue weighted by molar-refractivity contribution is 5.70. The number of hydrogen-bond acceptors (Lipinski definition) is 6. The predicted molar refractivity (Wildman–Crippen MR) is 121 cm³/mol. The van der Waals surface area contributed by atoms with Gasteiger partial charge >= 0.3 is 5.69 Å². The molecule has 2 N–H and O–H groups in total. The zero-order chi connectivity index (χ0) is 22.3. The molecule has 0 atom stereocenters. The Morgan fingerprint density at radius 3 is 1.97 bits per heavy atom. The fourth-order valence-corrected chi connectivity index (χ4v) is 3.36.